The predicted molar refractivity (Wildman–Crippen MR) is 54.1 cm³/mol. The van der Waals surface area contributed by atoms with Gasteiger partial charge >= 0.3 is 12.1 Å². The molecule has 8 heteroatoms. The van der Waals surface area contributed by atoms with Crippen molar-refractivity contribution in [3.05, 3.63) is 39.9 Å². The number of carboxylic acid groups (broad SMARTS) is 1. The van der Waals surface area contributed by atoms with Crippen molar-refractivity contribution < 1.29 is 28.0 Å². The maximum Gasteiger partial charge on any atom is 0.390 e. The average Bonchev–Trinajstić information content (AvgIpc) is 2.24. The summed E-state index contributed by atoms with van der Waals surface area (Å²) in [7, 11) is 0. The van der Waals surface area contributed by atoms with E-state index in [-0.39, 0.29) is 11.3 Å². The molecule has 0 radical (unpaired) electrons. The van der Waals surface area contributed by atoms with Crippen LogP contribution in [0.1, 0.15) is 17.9 Å². The molecule has 0 fully saturated rings. The first-order chi connectivity index (χ1) is 8.20. The van der Waals surface area contributed by atoms with Crippen molar-refractivity contribution in [3.8, 4) is 0 Å². The van der Waals surface area contributed by atoms with Crippen molar-refractivity contribution in [1.82, 2.24) is 0 Å². The number of nitro benzene ring substituents is 1. The summed E-state index contributed by atoms with van der Waals surface area (Å²) in [5.74, 6) is -3.38. The number of rotatable bonds is 4. The molecule has 0 heterocycles. The quantitative estimate of drug-likeness (QED) is 0.669. The fraction of sp³-hybridized carbons (Fsp3) is 0.300. The van der Waals surface area contributed by atoms with Crippen molar-refractivity contribution in [2.45, 2.75) is 18.5 Å². The third-order valence-corrected chi connectivity index (χ3v) is 2.24. The maximum absolute atomic E-state index is 12.2. The van der Waals surface area contributed by atoms with Gasteiger partial charge in [0.15, 0.2) is 0 Å². The summed E-state index contributed by atoms with van der Waals surface area (Å²) in [5, 5.41) is 19.1. The second-order valence-electron chi connectivity index (χ2n) is 3.56. The van der Waals surface area contributed by atoms with Crippen LogP contribution in [0, 0.1) is 10.1 Å². The zero-order valence-corrected chi connectivity index (χ0v) is 8.85. The molecule has 0 aromatic heterocycles. The van der Waals surface area contributed by atoms with Crippen LogP contribution >= 0.6 is 0 Å². The summed E-state index contributed by atoms with van der Waals surface area (Å²) >= 11 is 0. The van der Waals surface area contributed by atoms with Crippen LogP contribution in [-0.4, -0.2) is 22.2 Å². The summed E-state index contributed by atoms with van der Waals surface area (Å²) in [4.78, 5) is 20.4. The standard InChI is InChI=1S/C10H8F3NO4/c11-10(12,13)5-8(9(15)16)6-1-3-7(4-2-6)14(17)18/h1-4,8H,5H2,(H,15,16)/t8-/m0/s1. The molecule has 0 saturated heterocycles. The van der Waals surface area contributed by atoms with Crippen LogP contribution in [0.5, 0.6) is 0 Å². The van der Waals surface area contributed by atoms with Gasteiger partial charge in [-0.15, -0.1) is 0 Å². The molecule has 0 saturated carbocycles. The second kappa shape index (κ2) is 5.03. The van der Waals surface area contributed by atoms with E-state index in [1.165, 1.54) is 0 Å². The third-order valence-electron chi connectivity index (χ3n) is 2.24. The lowest BCUT2D eigenvalue weighted by Gasteiger charge is -2.14. The molecule has 1 N–H and O–H groups in total. The molecule has 1 aromatic carbocycles. The molecule has 0 amide bonds. The fourth-order valence-corrected chi connectivity index (χ4v) is 1.41. The van der Waals surface area contributed by atoms with Gasteiger partial charge in [0.05, 0.1) is 17.3 Å². The van der Waals surface area contributed by atoms with Gasteiger partial charge in [0.2, 0.25) is 0 Å². The minimum atomic E-state index is -4.62. The zero-order chi connectivity index (χ0) is 13.9. The van der Waals surface area contributed by atoms with Gasteiger partial charge < -0.3 is 5.11 Å². The Morgan fingerprint density at radius 3 is 2.17 bits per heavy atom. The smallest absolute Gasteiger partial charge is 0.390 e. The number of halogens is 3. The topological polar surface area (TPSA) is 80.4 Å². The Hall–Kier alpha value is -2.12. The summed E-state index contributed by atoms with van der Waals surface area (Å²) in [6, 6.07) is 3.98. The van der Waals surface area contributed by atoms with Gasteiger partial charge in [-0.1, -0.05) is 12.1 Å². The summed E-state index contributed by atoms with van der Waals surface area (Å²) in [6.07, 6.45) is -6.13. The molecule has 1 atom stereocenters. The molecule has 0 unspecified atom stereocenters. The van der Waals surface area contributed by atoms with Crippen LogP contribution in [0.15, 0.2) is 24.3 Å². The van der Waals surface area contributed by atoms with Crippen molar-refractivity contribution in [2.24, 2.45) is 0 Å². The Morgan fingerprint density at radius 2 is 1.83 bits per heavy atom. The lowest BCUT2D eigenvalue weighted by Crippen LogP contribution is -2.20. The number of hydrogen-bond donors (Lipinski definition) is 1. The van der Waals surface area contributed by atoms with Crippen LogP contribution < -0.4 is 0 Å². The monoisotopic (exact) mass is 263 g/mol. The first-order valence-corrected chi connectivity index (χ1v) is 4.74. The molecule has 1 aromatic rings. The summed E-state index contributed by atoms with van der Waals surface area (Å²) in [6.45, 7) is 0. The number of carbonyl (C=O) groups is 1. The minimum absolute atomic E-state index is 0.120. The number of nitrogens with zero attached hydrogens (tertiary/aromatic N) is 1. The molecular weight excluding hydrogens is 255 g/mol. The first-order valence-electron chi connectivity index (χ1n) is 4.74. The SMILES string of the molecule is O=C(O)[C@@H](CC(F)(F)F)c1ccc([N+](=O)[O-])cc1. The maximum atomic E-state index is 12.2. The average molecular weight is 263 g/mol. The predicted octanol–water partition coefficient (Wildman–Crippen LogP) is 2.72. The molecule has 0 aliphatic heterocycles. The van der Waals surface area contributed by atoms with Crippen molar-refractivity contribution in [2.75, 3.05) is 0 Å². The second-order valence-corrected chi connectivity index (χ2v) is 3.56. The van der Waals surface area contributed by atoms with Gasteiger partial charge in [-0.2, -0.15) is 13.2 Å². The highest BCUT2D eigenvalue weighted by Gasteiger charge is 2.36. The number of non-ortho nitro benzene ring substituents is 1. The Bertz CT molecular complexity index is 455. The number of aliphatic carboxylic acids is 1. The molecule has 0 bridgehead atoms. The molecular formula is C10H8F3NO4. The van der Waals surface area contributed by atoms with Gasteiger partial charge in [-0.25, -0.2) is 0 Å². The van der Waals surface area contributed by atoms with E-state index in [9.17, 15) is 28.1 Å². The number of carboxylic acids is 1. The molecule has 0 aliphatic carbocycles. The lowest BCUT2D eigenvalue weighted by atomic mass is 9.95. The van der Waals surface area contributed by atoms with Gasteiger partial charge in [-0.05, 0) is 5.56 Å². The minimum Gasteiger partial charge on any atom is -0.481 e. The molecule has 18 heavy (non-hydrogen) atoms. The number of alkyl halides is 3. The highest BCUT2D eigenvalue weighted by molar-refractivity contribution is 5.76. The highest BCUT2D eigenvalue weighted by Crippen LogP contribution is 2.32. The third kappa shape index (κ3) is 3.72. The van der Waals surface area contributed by atoms with Crippen LogP contribution in [0.25, 0.3) is 0 Å². The normalized spacial score (nSPS) is 13.1. The van der Waals surface area contributed by atoms with Gasteiger partial charge in [0.25, 0.3) is 5.69 Å². The fourth-order valence-electron chi connectivity index (χ4n) is 1.41. The van der Waals surface area contributed by atoms with Crippen molar-refractivity contribution >= 4 is 11.7 Å². The molecule has 98 valence electrons. The van der Waals surface area contributed by atoms with E-state index in [0.29, 0.717) is 0 Å². The van der Waals surface area contributed by atoms with Crippen LogP contribution in [0.4, 0.5) is 18.9 Å². The Morgan fingerprint density at radius 1 is 1.33 bits per heavy atom. The van der Waals surface area contributed by atoms with Crippen molar-refractivity contribution in [1.29, 1.82) is 0 Å². The number of hydrogen-bond acceptors (Lipinski definition) is 3. The number of nitro groups is 1. The van der Waals surface area contributed by atoms with E-state index in [0.717, 1.165) is 24.3 Å². The van der Waals surface area contributed by atoms with Crippen LogP contribution in [0.2, 0.25) is 0 Å². The van der Waals surface area contributed by atoms with E-state index in [4.69, 9.17) is 5.11 Å². The lowest BCUT2D eigenvalue weighted by molar-refractivity contribution is -0.384. The first kappa shape index (κ1) is 13.9. The van der Waals surface area contributed by atoms with E-state index in [2.05, 4.69) is 0 Å². The zero-order valence-electron chi connectivity index (χ0n) is 8.85. The van der Waals surface area contributed by atoms with Gasteiger partial charge in [0.1, 0.15) is 0 Å². The van der Waals surface area contributed by atoms with E-state index >= 15 is 0 Å². The molecule has 0 spiro atoms. The summed E-state index contributed by atoms with van der Waals surface area (Å²) in [5.41, 5.74) is -0.430. The Balaban J connectivity index is 3.00. The van der Waals surface area contributed by atoms with Crippen molar-refractivity contribution in [3.63, 3.8) is 0 Å². The largest absolute Gasteiger partial charge is 0.481 e. The van der Waals surface area contributed by atoms with E-state index in [1.807, 2.05) is 0 Å². The molecule has 0 aliphatic rings. The summed E-state index contributed by atoms with van der Waals surface area (Å²) < 4.78 is 36.6. The number of benzene rings is 1. The van der Waals surface area contributed by atoms with Gasteiger partial charge in [0, 0.05) is 12.1 Å². The Labute approximate surface area is 99.0 Å². The van der Waals surface area contributed by atoms with E-state index in [1.54, 1.807) is 0 Å². The molecule has 1 rings (SSSR count). The van der Waals surface area contributed by atoms with Crippen LogP contribution in [0.3, 0.4) is 0 Å². The molecule has 5 nitrogen and oxygen atoms in total. The highest BCUT2D eigenvalue weighted by atomic mass is 19.4. The Kier molecular flexibility index (Phi) is 3.89. The van der Waals surface area contributed by atoms with Gasteiger partial charge in [-0.3, -0.25) is 14.9 Å². The van der Waals surface area contributed by atoms with Crippen LogP contribution in [-0.2, 0) is 4.79 Å². The van der Waals surface area contributed by atoms with E-state index < -0.39 is 29.4 Å².